The predicted octanol–water partition coefficient (Wildman–Crippen LogP) is 0.957. The first-order valence-electron chi connectivity index (χ1n) is 6.85. The molecule has 2 N–H and O–H groups in total. The van der Waals surface area contributed by atoms with Gasteiger partial charge in [-0.05, 0) is 26.8 Å². The molecule has 0 aromatic carbocycles. The van der Waals surface area contributed by atoms with E-state index in [1.807, 2.05) is 13.8 Å². The van der Waals surface area contributed by atoms with Crippen LogP contribution < -0.4 is 5.73 Å². The fourth-order valence-electron chi connectivity index (χ4n) is 1.73. The van der Waals surface area contributed by atoms with Crippen LogP contribution in [0.2, 0.25) is 6.04 Å². The smallest absolute Gasteiger partial charge is 0.374 e. The number of hydrogen-bond acceptors (Lipinski definition) is 7. The minimum absolute atomic E-state index is 0.0628. The lowest BCUT2D eigenvalue weighted by Gasteiger charge is -2.34. The highest BCUT2D eigenvalue weighted by molar-refractivity contribution is 6.60. The molecular weight excluding hydrogens is 282 g/mol. The third-order valence-electron chi connectivity index (χ3n) is 2.82. The van der Waals surface area contributed by atoms with Crippen LogP contribution in [0.15, 0.2) is 0 Å². The molecule has 0 aromatic heterocycles. The topological polar surface area (TPSA) is 81.4 Å². The standard InChI is InChI=1S/C12H29NO6Si/c1-6-17-20(18-7-2,10-8-9-13)19-11-12(14-3,15-4)16-5/h6-11,13H2,1-5H3. The van der Waals surface area contributed by atoms with Crippen LogP contribution in [0.3, 0.4) is 0 Å². The number of rotatable bonds is 13. The normalized spacial score (nSPS) is 12.9. The van der Waals surface area contributed by atoms with Gasteiger partial charge in [-0.1, -0.05) is 0 Å². The van der Waals surface area contributed by atoms with Gasteiger partial charge >= 0.3 is 14.8 Å². The second-order valence-corrected chi connectivity index (χ2v) is 6.76. The van der Waals surface area contributed by atoms with Gasteiger partial charge in [0.15, 0.2) is 0 Å². The molecule has 0 radical (unpaired) electrons. The maximum Gasteiger partial charge on any atom is 0.501 e. The Morgan fingerprint density at radius 3 is 1.75 bits per heavy atom. The van der Waals surface area contributed by atoms with Gasteiger partial charge in [-0.3, -0.25) is 0 Å². The maximum absolute atomic E-state index is 5.91. The third-order valence-corrected chi connectivity index (χ3v) is 5.82. The molecule has 0 saturated carbocycles. The van der Waals surface area contributed by atoms with Crippen molar-refractivity contribution in [2.45, 2.75) is 32.3 Å². The van der Waals surface area contributed by atoms with Crippen molar-refractivity contribution in [3.05, 3.63) is 0 Å². The Hall–Kier alpha value is -0.0631. The molecule has 0 rings (SSSR count). The highest BCUT2D eigenvalue weighted by atomic mass is 28.4. The van der Waals surface area contributed by atoms with E-state index in [0.717, 1.165) is 6.42 Å². The molecule has 0 atom stereocenters. The summed E-state index contributed by atoms with van der Waals surface area (Å²) in [5, 5.41) is 0. The summed E-state index contributed by atoms with van der Waals surface area (Å²) in [6.45, 7) is 5.45. The Bertz CT molecular complexity index is 226. The molecule has 8 heteroatoms. The molecular formula is C12H29NO6Si. The number of nitrogens with two attached hydrogens (primary N) is 1. The van der Waals surface area contributed by atoms with E-state index in [2.05, 4.69) is 0 Å². The molecule has 0 amide bonds. The fourth-order valence-corrected chi connectivity index (χ4v) is 4.32. The van der Waals surface area contributed by atoms with Crippen LogP contribution in [0, 0.1) is 0 Å². The molecule has 122 valence electrons. The van der Waals surface area contributed by atoms with Gasteiger partial charge in [0.25, 0.3) is 0 Å². The summed E-state index contributed by atoms with van der Waals surface area (Å²) in [5.74, 6) is -1.25. The molecule has 0 fully saturated rings. The molecule has 0 spiro atoms. The predicted molar refractivity (Wildman–Crippen MR) is 77.2 cm³/mol. The molecule has 0 bridgehead atoms. The molecule has 7 nitrogen and oxygen atoms in total. The van der Waals surface area contributed by atoms with Crippen molar-refractivity contribution in [3.8, 4) is 0 Å². The molecule has 20 heavy (non-hydrogen) atoms. The number of methoxy groups -OCH3 is 3. The Labute approximate surface area is 123 Å². The van der Waals surface area contributed by atoms with Crippen molar-refractivity contribution in [3.63, 3.8) is 0 Å². The minimum Gasteiger partial charge on any atom is -0.374 e. The van der Waals surface area contributed by atoms with Gasteiger partial charge in [0.2, 0.25) is 0 Å². The molecule has 0 aliphatic carbocycles. The Morgan fingerprint density at radius 1 is 0.900 bits per heavy atom. The van der Waals surface area contributed by atoms with Crippen LogP contribution in [-0.2, 0) is 27.5 Å². The Kier molecular flexibility index (Phi) is 10.6. The van der Waals surface area contributed by atoms with Gasteiger partial charge in [-0.2, -0.15) is 0 Å². The van der Waals surface area contributed by atoms with E-state index in [-0.39, 0.29) is 6.61 Å². The Balaban J connectivity index is 4.83. The van der Waals surface area contributed by atoms with Crippen LogP contribution in [0.1, 0.15) is 20.3 Å². The zero-order valence-electron chi connectivity index (χ0n) is 13.3. The summed E-state index contributed by atoms with van der Waals surface area (Å²) >= 11 is 0. The fraction of sp³-hybridized carbons (Fsp3) is 1.00. The average Bonchev–Trinajstić information content (AvgIpc) is 2.48. The zero-order chi connectivity index (χ0) is 15.5. The van der Waals surface area contributed by atoms with Gasteiger partial charge in [0.1, 0.15) is 6.61 Å². The quantitative estimate of drug-likeness (QED) is 0.401. The van der Waals surface area contributed by atoms with Gasteiger partial charge in [-0.15, -0.1) is 0 Å². The summed E-state index contributed by atoms with van der Waals surface area (Å²) in [4.78, 5) is 0. The summed E-state index contributed by atoms with van der Waals surface area (Å²) in [5.41, 5.74) is 5.57. The Morgan fingerprint density at radius 2 is 1.40 bits per heavy atom. The van der Waals surface area contributed by atoms with E-state index in [1.165, 1.54) is 21.3 Å². The zero-order valence-corrected chi connectivity index (χ0v) is 14.3. The second kappa shape index (κ2) is 10.6. The third kappa shape index (κ3) is 6.14. The number of hydrogen-bond donors (Lipinski definition) is 1. The first-order valence-corrected chi connectivity index (χ1v) is 8.78. The van der Waals surface area contributed by atoms with Crippen LogP contribution >= 0.6 is 0 Å². The SMILES string of the molecule is CCO[Si](CCCN)(OCC)OCC(OC)(OC)OC. The van der Waals surface area contributed by atoms with Gasteiger partial charge < -0.3 is 33.2 Å². The van der Waals surface area contributed by atoms with Gasteiger partial charge in [-0.25, -0.2) is 0 Å². The summed E-state index contributed by atoms with van der Waals surface area (Å²) in [7, 11) is 1.67. The highest BCUT2D eigenvalue weighted by Gasteiger charge is 2.44. The van der Waals surface area contributed by atoms with Crippen LogP contribution in [0.5, 0.6) is 0 Å². The highest BCUT2D eigenvalue weighted by Crippen LogP contribution is 2.22. The average molecular weight is 311 g/mol. The summed E-state index contributed by atoms with van der Waals surface area (Å²) < 4.78 is 33.1. The largest absolute Gasteiger partial charge is 0.501 e. The van der Waals surface area contributed by atoms with Crippen LogP contribution in [0.25, 0.3) is 0 Å². The van der Waals surface area contributed by atoms with Gasteiger partial charge in [0, 0.05) is 40.6 Å². The minimum atomic E-state index is -2.80. The van der Waals surface area contributed by atoms with E-state index < -0.39 is 14.8 Å². The number of ether oxygens (including phenoxy) is 3. The van der Waals surface area contributed by atoms with E-state index >= 15 is 0 Å². The van der Waals surface area contributed by atoms with Crippen molar-refractivity contribution in [1.29, 1.82) is 0 Å². The lowest BCUT2D eigenvalue weighted by atomic mass is 10.5. The van der Waals surface area contributed by atoms with Crippen molar-refractivity contribution in [2.24, 2.45) is 5.73 Å². The first kappa shape index (κ1) is 19.9. The lowest BCUT2D eigenvalue weighted by Crippen LogP contribution is -2.51. The molecule has 0 heterocycles. The molecule has 0 saturated heterocycles. The van der Waals surface area contributed by atoms with Crippen LogP contribution in [-0.4, -0.2) is 62.5 Å². The van der Waals surface area contributed by atoms with E-state index in [0.29, 0.717) is 25.8 Å². The van der Waals surface area contributed by atoms with Crippen molar-refractivity contribution < 1.29 is 27.5 Å². The molecule has 0 aliphatic rings. The van der Waals surface area contributed by atoms with E-state index in [1.54, 1.807) is 0 Å². The lowest BCUT2D eigenvalue weighted by molar-refractivity contribution is -0.364. The van der Waals surface area contributed by atoms with Crippen LogP contribution in [0.4, 0.5) is 0 Å². The maximum atomic E-state index is 5.91. The monoisotopic (exact) mass is 311 g/mol. The van der Waals surface area contributed by atoms with Gasteiger partial charge in [0.05, 0.1) is 0 Å². The summed E-state index contributed by atoms with van der Waals surface area (Å²) in [6, 6.07) is 0.651. The molecule has 0 aromatic rings. The van der Waals surface area contributed by atoms with Crippen molar-refractivity contribution in [1.82, 2.24) is 0 Å². The van der Waals surface area contributed by atoms with E-state index in [4.69, 9.17) is 33.2 Å². The van der Waals surface area contributed by atoms with E-state index in [9.17, 15) is 0 Å². The summed E-state index contributed by atoms with van der Waals surface area (Å²) in [6.07, 6.45) is 0.770. The van der Waals surface area contributed by atoms with Crippen molar-refractivity contribution in [2.75, 3.05) is 47.7 Å². The second-order valence-electron chi connectivity index (χ2n) is 4.03. The van der Waals surface area contributed by atoms with Crippen molar-refractivity contribution >= 4 is 8.80 Å². The molecule has 0 aliphatic heterocycles. The molecule has 0 unspecified atom stereocenters. The first-order chi connectivity index (χ1) is 9.57.